The summed E-state index contributed by atoms with van der Waals surface area (Å²) in [4.78, 5) is 21.6. The van der Waals surface area contributed by atoms with Gasteiger partial charge in [-0.1, -0.05) is 19.8 Å². The van der Waals surface area contributed by atoms with Crippen LogP contribution in [0.1, 0.15) is 39.5 Å². The number of hydrogen-bond donors (Lipinski definition) is 3. The molecule has 1 unspecified atom stereocenters. The molecule has 3 atom stereocenters. The minimum atomic E-state index is -0.732. The molecule has 1 aliphatic heterocycles. The first-order valence-corrected chi connectivity index (χ1v) is 5.80. The number of carbonyl (C=O) groups is 2. The fourth-order valence-corrected chi connectivity index (χ4v) is 1.90. The number of hydrogen-bond acceptors (Lipinski definition) is 2. The number of amides is 2. The quantitative estimate of drug-likeness (QED) is 0.600. The number of urea groups is 1. The van der Waals surface area contributed by atoms with Gasteiger partial charge >= 0.3 is 12.0 Å². The summed E-state index contributed by atoms with van der Waals surface area (Å²) in [5.41, 5.74) is 0. The number of unbranched alkanes of at least 4 members (excludes halogenated alkanes) is 1. The minimum Gasteiger partial charge on any atom is -0.481 e. The van der Waals surface area contributed by atoms with E-state index in [4.69, 9.17) is 5.11 Å². The highest BCUT2D eigenvalue weighted by atomic mass is 16.4. The molecule has 3 N–H and O–H groups in total. The monoisotopic (exact) mass is 228 g/mol. The van der Waals surface area contributed by atoms with E-state index in [2.05, 4.69) is 10.6 Å². The van der Waals surface area contributed by atoms with Crippen molar-refractivity contribution in [1.29, 1.82) is 0 Å². The van der Waals surface area contributed by atoms with Crippen molar-refractivity contribution >= 4 is 12.0 Å². The lowest BCUT2D eigenvalue weighted by Gasteiger charge is -2.14. The van der Waals surface area contributed by atoms with Crippen LogP contribution in [0.25, 0.3) is 0 Å². The van der Waals surface area contributed by atoms with Gasteiger partial charge in [0.05, 0.1) is 12.0 Å². The van der Waals surface area contributed by atoms with Gasteiger partial charge in [-0.2, -0.15) is 0 Å². The molecule has 0 aromatic rings. The molecule has 1 fully saturated rings. The van der Waals surface area contributed by atoms with Crippen molar-refractivity contribution in [3.8, 4) is 0 Å². The van der Waals surface area contributed by atoms with Gasteiger partial charge in [0.25, 0.3) is 0 Å². The third-order valence-electron chi connectivity index (χ3n) is 3.10. The van der Waals surface area contributed by atoms with Gasteiger partial charge in [0.2, 0.25) is 0 Å². The van der Waals surface area contributed by atoms with E-state index in [0.717, 1.165) is 19.3 Å². The zero-order chi connectivity index (χ0) is 12.1. The predicted octanol–water partition coefficient (Wildman–Crippen LogP) is 1.34. The molecule has 0 spiro atoms. The molecule has 0 aliphatic carbocycles. The molecular formula is C11H20N2O3. The van der Waals surface area contributed by atoms with Crippen molar-refractivity contribution in [2.24, 2.45) is 5.92 Å². The van der Waals surface area contributed by atoms with Crippen LogP contribution >= 0.6 is 0 Å². The van der Waals surface area contributed by atoms with Crippen LogP contribution in [0, 0.1) is 5.92 Å². The van der Waals surface area contributed by atoms with Crippen LogP contribution in [0.2, 0.25) is 0 Å². The first-order valence-electron chi connectivity index (χ1n) is 5.80. The van der Waals surface area contributed by atoms with E-state index in [1.54, 1.807) is 6.92 Å². The lowest BCUT2D eigenvalue weighted by Crippen LogP contribution is -2.30. The molecule has 1 heterocycles. The Morgan fingerprint density at radius 2 is 2.12 bits per heavy atom. The van der Waals surface area contributed by atoms with Gasteiger partial charge in [0.15, 0.2) is 0 Å². The second-order valence-corrected chi connectivity index (χ2v) is 4.54. The summed E-state index contributed by atoms with van der Waals surface area (Å²) in [6.07, 6.45) is 3.46. The van der Waals surface area contributed by atoms with Crippen LogP contribution in [-0.4, -0.2) is 29.2 Å². The standard InChI is InChI=1S/C11H20N2O3/c1-7(10(14)15)5-3-4-6-9-8(2)12-11(16)13-9/h7-9H,3-6H2,1-2H3,(H,14,15)(H2,12,13,16)/t7?,8-,9+/m1/s1. The molecule has 0 saturated carbocycles. The van der Waals surface area contributed by atoms with E-state index in [9.17, 15) is 9.59 Å². The van der Waals surface area contributed by atoms with E-state index in [1.165, 1.54) is 0 Å². The topological polar surface area (TPSA) is 78.4 Å². The zero-order valence-corrected chi connectivity index (χ0v) is 9.82. The molecule has 0 bridgehead atoms. The summed E-state index contributed by atoms with van der Waals surface area (Å²) >= 11 is 0. The molecule has 0 aromatic carbocycles. The van der Waals surface area contributed by atoms with Crippen molar-refractivity contribution in [2.45, 2.75) is 51.6 Å². The highest BCUT2D eigenvalue weighted by Gasteiger charge is 2.26. The Hall–Kier alpha value is -1.26. The number of carboxylic acids is 1. The second kappa shape index (κ2) is 5.72. The van der Waals surface area contributed by atoms with Gasteiger partial charge in [0.1, 0.15) is 0 Å². The lowest BCUT2D eigenvalue weighted by atomic mass is 10.00. The third-order valence-corrected chi connectivity index (χ3v) is 3.10. The minimum absolute atomic E-state index is 0.101. The van der Waals surface area contributed by atoms with Gasteiger partial charge in [-0.05, 0) is 19.8 Å². The van der Waals surface area contributed by atoms with Crippen molar-refractivity contribution in [2.75, 3.05) is 0 Å². The normalized spacial score (nSPS) is 26.0. The van der Waals surface area contributed by atoms with Crippen LogP contribution in [0.3, 0.4) is 0 Å². The molecule has 16 heavy (non-hydrogen) atoms. The predicted molar refractivity (Wildman–Crippen MR) is 60.2 cm³/mol. The summed E-state index contributed by atoms with van der Waals surface area (Å²) in [5.74, 6) is -1.00. The van der Waals surface area contributed by atoms with Crippen LogP contribution in [0.5, 0.6) is 0 Å². The molecule has 1 saturated heterocycles. The number of nitrogens with one attached hydrogen (secondary N) is 2. The number of carbonyl (C=O) groups excluding carboxylic acids is 1. The van der Waals surface area contributed by atoms with Crippen LogP contribution in [-0.2, 0) is 4.79 Å². The maximum Gasteiger partial charge on any atom is 0.315 e. The first-order chi connectivity index (χ1) is 7.50. The summed E-state index contributed by atoms with van der Waals surface area (Å²) in [6, 6.07) is 0.258. The smallest absolute Gasteiger partial charge is 0.315 e. The number of carboxylic acid groups (broad SMARTS) is 1. The molecule has 2 amide bonds. The molecule has 92 valence electrons. The van der Waals surface area contributed by atoms with E-state index in [-0.39, 0.29) is 24.0 Å². The first kappa shape index (κ1) is 12.8. The molecule has 0 aromatic heterocycles. The van der Waals surface area contributed by atoms with Gasteiger partial charge in [0, 0.05) is 6.04 Å². The molecule has 1 rings (SSSR count). The average molecular weight is 228 g/mol. The second-order valence-electron chi connectivity index (χ2n) is 4.54. The molecule has 1 aliphatic rings. The third kappa shape index (κ3) is 3.72. The summed E-state index contributed by atoms with van der Waals surface area (Å²) < 4.78 is 0. The van der Waals surface area contributed by atoms with Crippen LogP contribution < -0.4 is 10.6 Å². The van der Waals surface area contributed by atoms with Crippen molar-refractivity contribution in [3.05, 3.63) is 0 Å². The van der Waals surface area contributed by atoms with Crippen molar-refractivity contribution < 1.29 is 14.7 Å². The highest BCUT2D eigenvalue weighted by Crippen LogP contribution is 2.13. The Morgan fingerprint density at radius 3 is 2.62 bits per heavy atom. The molecule has 5 heteroatoms. The highest BCUT2D eigenvalue weighted by molar-refractivity contribution is 5.77. The van der Waals surface area contributed by atoms with E-state index in [0.29, 0.717) is 6.42 Å². The summed E-state index contributed by atoms with van der Waals surface area (Å²) in [6.45, 7) is 3.70. The summed E-state index contributed by atoms with van der Waals surface area (Å²) in [5, 5.41) is 14.3. The number of aliphatic carboxylic acids is 1. The van der Waals surface area contributed by atoms with Gasteiger partial charge in [-0.3, -0.25) is 4.79 Å². The fraction of sp³-hybridized carbons (Fsp3) is 0.818. The SMILES string of the molecule is CC(CCCC[C@@H]1NC(=O)N[C@@H]1C)C(=O)O. The Morgan fingerprint density at radius 1 is 1.44 bits per heavy atom. The Kier molecular flexibility index (Phi) is 4.58. The molecule has 5 nitrogen and oxygen atoms in total. The molecule has 0 radical (unpaired) electrons. The molecular weight excluding hydrogens is 208 g/mol. The van der Waals surface area contributed by atoms with E-state index < -0.39 is 5.97 Å². The maximum absolute atomic E-state index is 11.0. The van der Waals surface area contributed by atoms with Gasteiger partial charge in [-0.15, -0.1) is 0 Å². The van der Waals surface area contributed by atoms with Gasteiger partial charge in [-0.25, -0.2) is 4.79 Å². The zero-order valence-electron chi connectivity index (χ0n) is 9.82. The average Bonchev–Trinajstić information content (AvgIpc) is 2.51. The Labute approximate surface area is 95.6 Å². The van der Waals surface area contributed by atoms with Crippen molar-refractivity contribution in [1.82, 2.24) is 10.6 Å². The lowest BCUT2D eigenvalue weighted by molar-refractivity contribution is -0.141. The Bertz CT molecular complexity index is 268. The van der Waals surface area contributed by atoms with E-state index >= 15 is 0 Å². The fourth-order valence-electron chi connectivity index (χ4n) is 1.90. The Balaban J connectivity index is 2.12. The van der Waals surface area contributed by atoms with Gasteiger partial charge < -0.3 is 15.7 Å². The van der Waals surface area contributed by atoms with Crippen LogP contribution in [0.15, 0.2) is 0 Å². The largest absolute Gasteiger partial charge is 0.481 e. The van der Waals surface area contributed by atoms with E-state index in [1.807, 2.05) is 6.92 Å². The maximum atomic E-state index is 11.0. The van der Waals surface area contributed by atoms with Crippen molar-refractivity contribution in [3.63, 3.8) is 0 Å². The number of rotatable bonds is 6. The summed E-state index contributed by atoms with van der Waals surface area (Å²) in [7, 11) is 0. The van der Waals surface area contributed by atoms with Crippen LogP contribution in [0.4, 0.5) is 4.79 Å².